The van der Waals surface area contributed by atoms with Crippen LogP contribution in [0.4, 0.5) is 13.2 Å². The minimum Gasteiger partial charge on any atom is -0.346 e. The second kappa shape index (κ2) is 12.8. The van der Waals surface area contributed by atoms with E-state index >= 15 is 0 Å². The van der Waals surface area contributed by atoms with E-state index in [0.717, 1.165) is 66.3 Å². The van der Waals surface area contributed by atoms with Crippen LogP contribution in [0.15, 0.2) is 18.5 Å². The van der Waals surface area contributed by atoms with Gasteiger partial charge in [-0.25, -0.2) is 9.97 Å². The number of imidazole rings is 1. The smallest absolute Gasteiger partial charge is 0.346 e. The van der Waals surface area contributed by atoms with E-state index in [1.165, 1.54) is 24.8 Å². The molecule has 2 fully saturated rings. The number of nitrogens with zero attached hydrogens (tertiary/aromatic N) is 3. The Morgan fingerprint density at radius 3 is 2.56 bits per heavy atom. The summed E-state index contributed by atoms with van der Waals surface area (Å²) in [5.74, 6) is 1.11. The third-order valence-electron chi connectivity index (χ3n) is 5.93. The summed E-state index contributed by atoms with van der Waals surface area (Å²) in [4.78, 5) is 12.3. The quantitative estimate of drug-likeness (QED) is 0.280. The number of aromatic nitrogens is 4. The van der Waals surface area contributed by atoms with Gasteiger partial charge in [0.05, 0.1) is 18.3 Å². The lowest BCUT2D eigenvalue weighted by atomic mass is 9.95. The lowest BCUT2D eigenvalue weighted by Gasteiger charge is -2.23. The molecule has 0 atom stereocenters. The van der Waals surface area contributed by atoms with Crippen LogP contribution in [0.2, 0.25) is 0 Å². The zero-order valence-electron chi connectivity index (χ0n) is 20.3. The maximum absolute atomic E-state index is 11.7. The molecule has 2 aliphatic carbocycles. The number of aromatic amines is 1. The van der Waals surface area contributed by atoms with E-state index in [1.807, 2.05) is 38.2 Å². The van der Waals surface area contributed by atoms with Gasteiger partial charge in [0.1, 0.15) is 17.0 Å². The molecular formula is C24H37F3N6S. The number of pyridine rings is 1. The third kappa shape index (κ3) is 7.88. The standard InChI is InChI=1S/C14H17N5S.C8H14F3N.C2H6/c1-19-12(5-7-17-20-9-2-3-9)18-11-8-16-14-10(13(11)19)4-6-15-14;9-8(10,11)6-12-7-4-2-1-3-5-7;1-2/h4,6,8-9,17H,2-3,5,7H2,1H3,(H,15,16);7,12H,1-6H2;1-2H3. The fourth-order valence-electron chi connectivity index (χ4n) is 4.08. The van der Waals surface area contributed by atoms with E-state index in [9.17, 15) is 13.2 Å². The number of alkyl halides is 3. The van der Waals surface area contributed by atoms with Crippen molar-refractivity contribution in [1.82, 2.24) is 29.6 Å². The van der Waals surface area contributed by atoms with Gasteiger partial charge in [-0.05, 0) is 31.7 Å². The van der Waals surface area contributed by atoms with Crippen LogP contribution in [0, 0.1) is 0 Å². The molecule has 0 spiro atoms. The van der Waals surface area contributed by atoms with Gasteiger partial charge >= 0.3 is 6.18 Å². The summed E-state index contributed by atoms with van der Waals surface area (Å²) in [5, 5.41) is 4.53. The molecule has 0 aliphatic heterocycles. The Morgan fingerprint density at radius 1 is 1.15 bits per heavy atom. The molecule has 0 unspecified atom stereocenters. The van der Waals surface area contributed by atoms with E-state index in [1.54, 1.807) is 0 Å². The molecule has 34 heavy (non-hydrogen) atoms. The topological polar surface area (TPSA) is 70.6 Å². The SMILES string of the molecule is CC.Cn1c(CCNSC2CC2)nc2cnc3[nH]ccc3c21.FC(F)(F)CNC1CCCCC1. The first-order valence-electron chi connectivity index (χ1n) is 12.4. The number of hydrogen-bond donors (Lipinski definition) is 3. The third-order valence-corrected chi connectivity index (χ3v) is 7.11. The van der Waals surface area contributed by atoms with Crippen molar-refractivity contribution < 1.29 is 13.2 Å². The van der Waals surface area contributed by atoms with Crippen LogP contribution in [-0.2, 0) is 13.5 Å². The Kier molecular flexibility index (Phi) is 10.1. The molecule has 0 aromatic carbocycles. The van der Waals surface area contributed by atoms with Crippen LogP contribution < -0.4 is 10.0 Å². The van der Waals surface area contributed by atoms with Gasteiger partial charge in [-0.3, -0.25) is 4.72 Å². The van der Waals surface area contributed by atoms with Gasteiger partial charge in [-0.15, -0.1) is 0 Å². The molecule has 5 rings (SSSR count). The normalized spacial score (nSPS) is 16.8. The largest absolute Gasteiger partial charge is 0.401 e. The average molecular weight is 499 g/mol. The van der Waals surface area contributed by atoms with Crippen LogP contribution >= 0.6 is 11.9 Å². The van der Waals surface area contributed by atoms with Crippen LogP contribution in [0.3, 0.4) is 0 Å². The molecule has 0 amide bonds. The van der Waals surface area contributed by atoms with Crippen LogP contribution in [0.1, 0.15) is 64.6 Å². The Morgan fingerprint density at radius 2 is 1.88 bits per heavy atom. The van der Waals surface area contributed by atoms with E-state index in [4.69, 9.17) is 4.98 Å². The highest BCUT2D eigenvalue weighted by Crippen LogP contribution is 2.31. The van der Waals surface area contributed by atoms with Crippen LogP contribution in [-0.4, -0.2) is 50.1 Å². The minimum absolute atomic E-state index is 0.0976. The van der Waals surface area contributed by atoms with Crippen molar-refractivity contribution in [3.63, 3.8) is 0 Å². The highest BCUT2D eigenvalue weighted by Gasteiger charge is 2.28. The zero-order valence-corrected chi connectivity index (χ0v) is 21.2. The molecule has 2 aliphatic rings. The number of aryl methyl sites for hydroxylation is 1. The highest BCUT2D eigenvalue weighted by atomic mass is 32.2. The number of fused-ring (bicyclic) bond motifs is 3. The predicted molar refractivity (Wildman–Crippen MR) is 135 cm³/mol. The molecule has 3 heterocycles. The molecular weight excluding hydrogens is 461 g/mol. The second-order valence-corrected chi connectivity index (χ2v) is 9.80. The molecule has 6 nitrogen and oxygen atoms in total. The number of hydrogen-bond acceptors (Lipinski definition) is 5. The Labute approximate surface area is 204 Å². The van der Waals surface area contributed by atoms with Gasteiger partial charge in [-0.1, -0.05) is 45.1 Å². The number of halogens is 3. The van der Waals surface area contributed by atoms with Gasteiger partial charge in [0.25, 0.3) is 0 Å². The zero-order chi connectivity index (χ0) is 24.6. The summed E-state index contributed by atoms with van der Waals surface area (Å²) < 4.78 is 40.9. The lowest BCUT2D eigenvalue weighted by molar-refractivity contribution is -0.126. The van der Waals surface area contributed by atoms with Crippen molar-refractivity contribution >= 4 is 34.0 Å². The van der Waals surface area contributed by atoms with E-state index in [2.05, 4.69) is 37.7 Å². The van der Waals surface area contributed by atoms with Crippen molar-refractivity contribution in [3.05, 3.63) is 24.3 Å². The van der Waals surface area contributed by atoms with Crippen molar-refractivity contribution in [2.24, 2.45) is 7.05 Å². The molecule has 10 heteroatoms. The van der Waals surface area contributed by atoms with Crippen LogP contribution in [0.5, 0.6) is 0 Å². The first kappa shape index (κ1) is 26.8. The average Bonchev–Trinajstić information content (AvgIpc) is 3.44. The van der Waals surface area contributed by atoms with Gasteiger partial charge < -0.3 is 14.9 Å². The summed E-state index contributed by atoms with van der Waals surface area (Å²) in [6, 6.07) is 2.16. The Balaban J connectivity index is 0.000000200. The molecule has 2 saturated carbocycles. The first-order chi connectivity index (χ1) is 16.4. The monoisotopic (exact) mass is 498 g/mol. The second-order valence-electron chi connectivity index (χ2n) is 8.61. The lowest BCUT2D eigenvalue weighted by Crippen LogP contribution is -2.38. The molecule has 0 saturated heterocycles. The Hall–Kier alpha value is -1.78. The molecule has 3 aromatic rings. The van der Waals surface area contributed by atoms with Gasteiger partial charge in [0.2, 0.25) is 0 Å². The molecule has 0 bridgehead atoms. The summed E-state index contributed by atoms with van der Waals surface area (Å²) in [6.07, 6.45) is 8.49. The van der Waals surface area contributed by atoms with Crippen molar-refractivity contribution in [2.75, 3.05) is 13.1 Å². The maximum atomic E-state index is 11.7. The first-order valence-corrected chi connectivity index (χ1v) is 13.2. The summed E-state index contributed by atoms with van der Waals surface area (Å²) in [7, 11) is 2.09. The molecule has 190 valence electrons. The molecule has 0 radical (unpaired) electrons. The fourth-order valence-corrected chi connectivity index (χ4v) is 4.90. The number of nitrogens with one attached hydrogen (secondary N) is 3. The highest BCUT2D eigenvalue weighted by molar-refractivity contribution is 7.98. The summed E-state index contributed by atoms with van der Waals surface area (Å²) in [5.41, 5.74) is 3.07. The number of rotatable bonds is 7. The van der Waals surface area contributed by atoms with Gasteiger partial charge in [-0.2, -0.15) is 13.2 Å². The summed E-state index contributed by atoms with van der Waals surface area (Å²) in [6.45, 7) is 4.12. The summed E-state index contributed by atoms with van der Waals surface area (Å²) >= 11 is 1.87. The van der Waals surface area contributed by atoms with Crippen molar-refractivity contribution in [2.45, 2.75) is 82.7 Å². The predicted octanol–water partition coefficient (Wildman–Crippen LogP) is 5.89. The van der Waals surface area contributed by atoms with Crippen molar-refractivity contribution in [1.29, 1.82) is 0 Å². The maximum Gasteiger partial charge on any atom is 0.401 e. The molecule has 3 aromatic heterocycles. The molecule has 3 N–H and O–H groups in total. The van der Waals surface area contributed by atoms with E-state index < -0.39 is 12.7 Å². The van der Waals surface area contributed by atoms with Crippen molar-refractivity contribution in [3.8, 4) is 0 Å². The number of H-pyrrole nitrogens is 1. The van der Waals surface area contributed by atoms with E-state index in [-0.39, 0.29) is 6.04 Å². The minimum atomic E-state index is -4.06. The fraction of sp³-hybridized carbons (Fsp3) is 0.667. The van der Waals surface area contributed by atoms with Crippen LogP contribution in [0.25, 0.3) is 22.1 Å². The Bertz CT molecular complexity index is 1010. The van der Waals surface area contributed by atoms with Gasteiger partial charge in [0, 0.05) is 42.9 Å². The van der Waals surface area contributed by atoms with E-state index in [0.29, 0.717) is 0 Å². The van der Waals surface area contributed by atoms with Gasteiger partial charge in [0.15, 0.2) is 0 Å².